The lowest BCUT2D eigenvalue weighted by Crippen LogP contribution is -2.40. The van der Waals surface area contributed by atoms with Crippen LogP contribution in [0, 0.1) is 0 Å². The van der Waals surface area contributed by atoms with Crippen LogP contribution < -0.4 is 0 Å². The highest BCUT2D eigenvalue weighted by atomic mass is 16.6. The van der Waals surface area contributed by atoms with Crippen molar-refractivity contribution in [3.63, 3.8) is 0 Å². The predicted molar refractivity (Wildman–Crippen MR) is 46.3 cm³/mol. The Kier molecular flexibility index (Phi) is 5.63. The number of rotatable bonds is 2. The minimum absolute atomic E-state index is 0.637. The van der Waals surface area contributed by atoms with E-state index >= 15 is 0 Å². The van der Waals surface area contributed by atoms with E-state index in [1.54, 1.807) is 0 Å². The maximum absolute atomic E-state index is 10.6. The third kappa shape index (κ3) is 2.65. The van der Waals surface area contributed by atoms with E-state index < -0.39 is 37.0 Å². The first-order valence-corrected chi connectivity index (χ1v) is 4.43. The fourth-order valence-electron chi connectivity index (χ4n) is 1.00. The number of esters is 1. The van der Waals surface area contributed by atoms with E-state index in [1.807, 2.05) is 13.8 Å². The molecule has 84 valence electrons. The summed E-state index contributed by atoms with van der Waals surface area (Å²) in [5, 5.41) is 35.3. The van der Waals surface area contributed by atoms with Crippen LogP contribution in [-0.2, 0) is 9.53 Å². The van der Waals surface area contributed by atoms with Crippen LogP contribution in [0.2, 0.25) is 0 Å². The number of hydrogen-bond acceptors (Lipinski definition) is 6. The third-order valence-electron chi connectivity index (χ3n) is 1.72. The second-order valence-corrected chi connectivity index (χ2v) is 2.59. The molecule has 1 saturated heterocycles. The molecule has 4 unspecified atom stereocenters. The van der Waals surface area contributed by atoms with Gasteiger partial charge in [0, 0.05) is 0 Å². The number of aliphatic hydroxyl groups excluding tert-OH is 4. The highest BCUT2D eigenvalue weighted by molar-refractivity contribution is 5.77. The molecule has 0 radical (unpaired) electrons. The van der Waals surface area contributed by atoms with Gasteiger partial charge < -0.3 is 25.2 Å². The summed E-state index contributed by atoms with van der Waals surface area (Å²) in [6, 6.07) is 0. The second kappa shape index (κ2) is 5.92. The largest absolute Gasteiger partial charge is 0.455 e. The quantitative estimate of drug-likeness (QED) is 0.391. The van der Waals surface area contributed by atoms with Crippen LogP contribution in [0.25, 0.3) is 0 Å². The van der Waals surface area contributed by atoms with E-state index in [0.29, 0.717) is 0 Å². The lowest BCUT2D eigenvalue weighted by molar-refractivity contribution is -0.151. The minimum atomic E-state index is -1.63. The van der Waals surface area contributed by atoms with Gasteiger partial charge in [0.05, 0.1) is 6.61 Å². The summed E-state index contributed by atoms with van der Waals surface area (Å²) < 4.78 is 4.39. The molecular weight excluding hydrogens is 192 g/mol. The van der Waals surface area contributed by atoms with Gasteiger partial charge in [-0.3, -0.25) is 0 Å². The number of cyclic esters (lactones) is 1. The zero-order valence-corrected chi connectivity index (χ0v) is 8.12. The van der Waals surface area contributed by atoms with Gasteiger partial charge in [0.2, 0.25) is 0 Å². The molecule has 0 spiro atoms. The van der Waals surface area contributed by atoms with Crippen LogP contribution >= 0.6 is 0 Å². The summed E-state index contributed by atoms with van der Waals surface area (Å²) in [7, 11) is 0. The molecule has 1 fully saturated rings. The Morgan fingerprint density at radius 1 is 1.43 bits per heavy atom. The van der Waals surface area contributed by atoms with Crippen molar-refractivity contribution in [2.45, 2.75) is 38.3 Å². The highest BCUT2D eigenvalue weighted by Gasteiger charge is 2.45. The summed E-state index contributed by atoms with van der Waals surface area (Å²) in [6.07, 6.45) is -5.70. The molecule has 0 aromatic carbocycles. The molecule has 6 heteroatoms. The van der Waals surface area contributed by atoms with Gasteiger partial charge in [0.25, 0.3) is 0 Å². The fourth-order valence-corrected chi connectivity index (χ4v) is 1.00. The molecule has 14 heavy (non-hydrogen) atoms. The second-order valence-electron chi connectivity index (χ2n) is 2.59. The van der Waals surface area contributed by atoms with E-state index in [4.69, 9.17) is 20.4 Å². The Bertz CT molecular complexity index is 183. The number of ether oxygens (including phenoxy) is 1. The van der Waals surface area contributed by atoms with E-state index in [9.17, 15) is 4.79 Å². The van der Waals surface area contributed by atoms with Crippen molar-refractivity contribution in [3.8, 4) is 0 Å². The van der Waals surface area contributed by atoms with Gasteiger partial charge >= 0.3 is 5.97 Å². The molecule has 4 atom stereocenters. The first-order valence-electron chi connectivity index (χ1n) is 4.43. The Labute approximate surface area is 81.7 Å². The van der Waals surface area contributed by atoms with E-state index in [2.05, 4.69) is 4.74 Å². The Balaban J connectivity index is 0.000000791. The smallest absolute Gasteiger partial charge is 0.338 e. The molecule has 1 heterocycles. The first kappa shape index (κ1) is 13.3. The predicted octanol–water partition coefficient (Wildman–Crippen LogP) is -1.99. The van der Waals surface area contributed by atoms with Crippen molar-refractivity contribution in [2.75, 3.05) is 6.61 Å². The van der Waals surface area contributed by atoms with Crippen molar-refractivity contribution in [1.82, 2.24) is 0 Å². The number of aliphatic hydroxyl groups is 4. The molecule has 0 aromatic heterocycles. The molecule has 4 N–H and O–H groups in total. The molecule has 1 aliphatic rings. The molecule has 0 bridgehead atoms. The van der Waals surface area contributed by atoms with E-state index in [0.717, 1.165) is 0 Å². The van der Waals surface area contributed by atoms with Crippen LogP contribution in [0.1, 0.15) is 13.8 Å². The first-order chi connectivity index (χ1) is 6.57. The van der Waals surface area contributed by atoms with Gasteiger partial charge in [-0.15, -0.1) is 0 Å². The van der Waals surface area contributed by atoms with E-state index in [-0.39, 0.29) is 0 Å². The highest BCUT2D eigenvalue weighted by Crippen LogP contribution is 2.18. The maximum atomic E-state index is 10.6. The minimum Gasteiger partial charge on any atom is -0.455 e. The molecule has 1 aliphatic heterocycles. The van der Waals surface area contributed by atoms with Gasteiger partial charge in [-0.2, -0.15) is 0 Å². The van der Waals surface area contributed by atoms with Crippen LogP contribution in [0.5, 0.6) is 0 Å². The molecule has 0 saturated carbocycles. The third-order valence-corrected chi connectivity index (χ3v) is 1.72. The zero-order valence-electron chi connectivity index (χ0n) is 8.12. The van der Waals surface area contributed by atoms with Gasteiger partial charge in [-0.1, -0.05) is 13.8 Å². The molecular formula is C8H16O6. The molecule has 0 aliphatic carbocycles. The number of carbonyl (C=O) groups excluding carboxylic acids is 1. The van der Waals surface area contributed by atoms with Gasteiger partial charge in [0.1, 0.15) is 12.2 Å². The Hall–Kier alpha value is -0.690. The van der Waals surface area contributed by atoms with Crippen molar-refractivity contribution in [3.05, 3.63) is 0 Å². The standard InChI is InChI=1S/C6H10O6.C2H6/c7-1-2(8)5-3(9)4(10)6(11)12-5;1-2/h2-5,7-10H,1H2;1-2H3. The van der Waals surface area contributed by atoms with Crippen LogP contribution in [0.4, 0.5) is 0 Å². The van der Waals surface area contributed by atoms with Crippen molar-refractivity contribution < 1.29 is 30.0 Å². The SMILES string of the molecule is CC.O=C1OC(C(O)CO)C(O)C1O. The summed E-state index contributed by atoms with van der Waals surface area (Å²) in [5.74, 6) is -0.986. The molecule has 0 amide bonds. The number of hydrogen-bond donors (Lipinski definition) is 4. The lowest BCUT2D eigenvalue weighted by atomic mass is 10.1. The topological polar surface area (TPSA) is 107 Å². The average molecular weight is 208 g/mol. The zero-order chi connectivity index (χ0) is 11.3. The van der Waals surface area contributed by atoms with Gasteiger partial charge in [-0.05, 0) is 0 Å². The van der Waals surface area contributed by atoms with E-state index in [1.165, 1.54) is 0 Å². The van der Waals surface area contributed by atoms with Crippen LogP contribution in [0.3, 0.4) is 0 Å². The Morgan fingerprint density at radius 2 is 1.93 bits per heavy atom. The summed E-state index contributed by atoms with van der Waals surface area (Å²) >= 11 is 0. The van der Waals surface area contributed by atoms with Crippen molar-refractivity contribution in [2.24, 2.45) is 0 Å². The van der Waals surface area contributed by atoms with Crippen LogP contribution in [0.15, 0.2) is 0 Å². The molecule has 6 nitrogen and oxygen atoms in total. The van der Waals surface area contributed by atoms with Crippen molar-refractivity contribution >= 4 is 5.97 Å². The average Bonchev–Trinajstić information content (AvgIpc) is 2.48. The van der Waals surface area contributed by atoms with Gasteiger partial charge in [0.15, 0.2) is 12.2 Å². The summed E-state index contributed by atoms with van der Waals surface area (Å²) in [5.41, 5.74) is 0. The number of carbonyl (C=O) groups is 1. The van der Waals surface area contributed by atoms with Gasteiger partial charge in [-0.25, -0.2) is 4.79 Å². The normalized spacial score (nSPS) is 33.0. The molecule has 0 aromatic rings. The Morgan fingerprint density at radius 3 is 2.21 bits per heavy atom. The summed E-state index contributed by atoms with van der Waals surface area (Å²) in [6.45, 7) is 3.36. The maximum Gasteiger partial charge on any atom is 0.338 e. The lowest BCUT2D eigenvalue weighted by Gasteiger charge is -2.17. The van der Waals surface area contributed by atoms with Crippen LogP contribution in [-0.4, -0.2) is 57.4 Å². The fraction of sp³-hybridized carbons (Fsp3) is 0.875. The van der Waals surface area contributed by atoms with Crippen molar-refractivity contribution in [1.29, 1.82) is 0 Å². The summed E-state index contributed by atoms with van der Waals surface area (Å²) in [4.78, 5) is 10.6. The monoisotopic (exact) mass is 208 g/mol. The molecule has 1 rings (SSSR count).